The third-order valence-electron chi connectivity index (χ3n) is 7.23. The maximum absolute atomic E-state index is 15.3. The molecule has 3 N–H and O–H groups in total. The van der Waals surface area contributed by atoms with Crippen molar-refractivity contribution in [2.75, 3.05) is 31.5 Å². The summed E-state index contributed by atoms with van der Waals surface area (Å²) >= 11 is 0. The normalized spacial score (nSPS) is 14.7. The van der Waals surface area contributed by atoms with Crippen molar-refractivity contribution in [1.82, 2.24) is 30.3 Å². The minimum Gasteiger partial charge on any atom is -0.444 e. The lowest BCUT2D eigenvalue weighted by molar-refractivity contribution is -0.132. The van der Waals surface area contributed by atoms with Crippen LogP contribution < -0.4 is 16.0 Å². The van der Waals surface area contributed by atoms with Crippen LogP contribution in [0.25, 0.3) is 11.3 Å². The molecule has 1 atom stereocenters. The number of aryl methyl sites for hydroxylation is 1. The van der Waals surface area contributed by atoms with E-state index in [1.807, 2.05) is 0 Å². The van der Waals surface area contributed by atoms with Gasteiger partial charge in [-0.25, -0.2) is 18.6 Å². The highest BCUT2D eigenvalue weighted by molar-refractivity contribution is 5.99. The van der Waals surface area contributed by atoms with Crippen molar-refractivity contribution < 1.29 is 27.9 Å². The van der Waals surface area contributed by atoms with Gasteiger partial charge in [0.1, 0.15) is 22.9 Å². The van der Waals surface area contributed by atoms with Gasteiger partial charge in [0.25, 0.3) is 5.91 Å². The Morgan fingerprint density at radius 1 is 1.11 bits per heavy atom. The Labute approximate surface area is 261 Å². The van der Waals surface area contributed by atoms with Gasteiger partial charge in [-0.1, -0.05) is 12.1 Å². The molecule has 1 aromatic carbocycles. The van der Waals surface area contributed by atoms with Crippen LogP contribution in [0.2, 0.25) is 0 Å². The van der Waals surface area contributed by atoms with E-state index in [1.165, 1.54) is 23.0 Å². The molecule has 1 aliphatic heterocycles. The van der Waals surface area contributed by atoms with E-state index in [2.05, 4.69) is 26.0 Å². The topological polar surface area (TPSA) is 130 Å². The molecule has 3 aromatic rings. The van der Waals surface area contributed by atoms with E-state index in [9.17, 15) is 18.8 Å². The first-order valence-electron chi connectivity index (χ1n) is 15.1. The fourth-order valence-electron chi connectivity index (χ4n) is 5.13. The molecule has 1 aliphatic rings. The van der Waals surface area contributed by atoms with E-state index in [1.54, 1.807) is 51.0 Å². The number of pyridine rings is 1. The zero-order valence-corrected chi connectivity index (χ0v) is 26.2. The second kappa shape index (κ2) is 15.0. The van der Waals surface area contributed by atoms with Gasteiger partial charge in [0, 0.05) is 57.4 Å². The van der Waals surface area contributed by atoms with E-state index < -0.39 is 23.4 Å². The quantitative estimate of drug-likeness (QED) is 0.254. The first-order valence-corrected chi connectivity index (χ1v) is 15.1. The zero-order valence-electron chi connectivity index (χ0n) is 26.2. The number of ether oxygens (including phenoxy) is 1. The summed E-state index contributed by atoms with van der Waals surface area (Å²) in [5.41, 5.74) is 0.673. The van der Waals surface area contributed by atoms with Gasteiger partial charge in [0.05, 0.1) is 11.8 Å². The largest absolute Gasteiger partial charge is 0.444 e. The summed E-state index contributed by atoms with van der Waals surface area (Å²) in [4.78, 5) is 44.3. The van der Waals surface area contributed by atoms with Crippen LogP contribution in [0.4, 0.5) is 19.4 Å². The van der Waals surface area contributed by atoms with Gasteiger partial charge in [-0.05, 0) is 70.2 Å². The number of carbonyl (C=O) groups is 3. The standard InChI is InChI=1S/C32H41F2N7O4/c1-32(2,3)45-31(44)36-13-6-11-27(42)41-15-7-10-24(41)19-37-30(43)25-17-26(34)28(22-18-38-40(4)20-22)39-29(25)35-14-12-21-8-5-9-23(33)16-21/h5,8-9,16-18,20,24H,6-7,10-15,19H2,1-4H3,(H,35,39)(H,36,44)(H,37,43)/t24-/m1/s1. The zero-order chi connectivity index (χ0) is 32.6. The molecule has 242 valence electrons. The van der Waals surface area contributed by atoms with Crippen molar-refractivity contribution in [2.45, 2.75) is 64.5 Å². The van der Waals surface area contributed by atoms with Crippen molar-refractivity contribution in [3.05, 3.63) is 65.5 Å². The minimum absolute atomic E-state index is 0.0171. The number of nitrogens with zero attached hydrogens (tertiary/aromatic N) is 4. The van der Waals surface area contributed by atoms with Crippen LogP contribution in [0, 0.1) is 11.6 Å². The van der Waals surface area contributed by atoms with E-state index in [0.717, 1.165) is 18.1 Å². The highest BCUT2D eigenvalue weighted by Crippen LogP contribution is 2.26. The van der Waals surface area contributed by atoms with Gasteiger partial charge < -0.3 is 25.6 Å². The Hall–Kier alpha value is -4.55. The SMILES string of the molecule is Cn1cc(-c2nc(NCCc3cccc(F)c3)c(C(=O)NC[C@H]3CCCN3C(=O)CCCNC(=O)OC(C)(C)C)cc2F)cn1. The number of hydrogen-bond acceptors (Lipinski definition) is 7. The van der Waals surface area contributed by atoms with Crippen LogP contribution in [0.3, 0.4) is 0 Å². The van der Waals surface area contributed by atoms with E-state index >= 15 is 4.39 Å². The third-order valence-corrected chi connectivity index (χ3v) is 7.23. The molecule has 0 bridgehead atoms. The molecular formula is C32H41F2N7O4. The third kappa shape index (κ3) is 9.72. The first-order chi connectivity index (χ1) is 21.4. The van der Waals surface area contributed by atoms with E-state index in [4.69, 9.17) is 4.74 Å². The summed E-state index contributed by atoms with van der Waals surface area (Å²) < 4.78 is 35.6. The molecule has 11 nitrogen and oxygen atoms in total. The number of anilines is 1. The van der Waals surface area contributed by atoms with Gasteiger partial charge >= 0.3 is 6.09 Å². The second-order valence-electron chi connectivity index (χ2n) is 12.0. The van der Waals surface area contributed by atoms with Crippen LogP contribution in [-0.2, 0) is 23.0 Å². The highest BCUT2D eigenvalue weighted by atomic mass is 19.1. The molecule has 13 heteroatoms. The van der Waals surface area contributed by atoms with Crippen LogP contribution in [0.5, 0.6) is 0 Å². The van der Waals surface area contributed by atoms with Crippen LogP contribution in [0.1, 0.15) is 62.4 Å². The van der Waals surface area contributed by atoms with Crippen LogP contribution in [0.15, 0.2) is 42.7 Å². The van der Waals surface area contributed by atoms with Crippen molar-refractivity contribution in [2.24, 2.45) is 7.05 Å². The number of likely N-dealkylation sites (tertiary alicyclic amines) is 1. The van der Waals surface area contributed by atoms with Crippen molar-refractivity contribution in [3.8, 4) is 11.3 Å². The van der Waals surface area contributed by atoms with Crippen molar-refractivity contribution in [3.63, 3.8) is 0 Å². The molecule has 0 saturated carbocycles. The van der Waals surface area contributed by atoms with Gasteiger partial charge in [-0.3, -0.25) is 14.3 Å². The average Bonchev–Trinajstić information content (AvgIpc) is 3.62. The summed E-state index contributed by atoms with van der Waals surface area (Å²) in [6.07, 6.45) is 5.24. The number of hydrogen-bond donors (Lipinski definition) is 3. The maximum atomic E-state index is 15.3. The number of aromatic nitrogens is 3. The maximum Gasteiger partial charge on any atom is 0.407 e. The smallest absolute Gasteiger partial charge is 0.407 e. The monoisotopic (exact) mass is 625 g/mol. The molecule has 45 heavy (non-hydrogen) atoms. The predicted octanol–water partition coefficient (Wildman–Crippen LogP) is 4.44. The molecule has 0 spiro atoms. The summed E-state index contributed by atoms with van der Waals surface area (Å²) in [6.45, 7) is 6.72. The van der Waals surface area contributed by atoms with Gasteiger partial charge in [-0.15, -0.1) is 0 Å². The Morgan fingerprint density at radius 2 is 1.91 bits per heavy atom. The summed E-state index contributed by atoms with van der Waals surface area (Å²) in [5.74, 6) is -1.44. The second-order valence-corrected chi connectivity index (χ2v) is 12.0. The number of amides is 3. The summed E-state index contributed by atoms with van der Waals surface area (Å²) in [6, 6.07) is 7.15. The Bertz CT molecular complexity index is 1500. The molecule has 2 aromatic heterocycles. The lowest BCUT2D eigenvalue weighted by Gasteiger charge is -2.25. The fourth-order valence-corrected chi connectivity index (χ4v) is 5.13. The number of alkyl carbamates (subject to hydrolysis) is 1. The lowest BCUT2D eigenvalue weighted by Crippen LogP contribution is -2.43. The first kappa shape index (κ1) is 33.3. The Kier molecular flexibility index (Phi) is 11.1. The predicted molar refractivity (Wildman–Crippen MR) is 166 cm³/mol. The number of halogens is 2. The molecule has 4 rings (SSSR count). The molecule has 0 radical (unpaired) electrons. The highest BCUT2D eigenvalue weighted by Gasteiger charge is 2.29. The number of rotatable bonds is 12. The van der Waals surface area contributed by atoms with Crippen LogP contribution in [-0.4, -0.2) is 75.4 Å². The number of carbonyl (C=O) groups excluding carboxylic acids is 3. The summed E-state index contributed by atoms with van der Waals surface area (Å²) in [7, 11) is 1.71. The molecule has 0 aliphatic carbocycles. The van der Waals surface area contributed by atoms with Gasteiger partial charge in [-0.2, -0.15) is 5.10 Å². The van der Waals surface area contributed by atoms with E-state index in [-0.39, 0.29) is 47.8 Å². The number of nitrogens with one attached hydrogen (secondary N) is 3. The molecule has 3 amide bonds. The molecule has 1 saturated heterocycles. The Morgan fingerprint density at radius 3 is 2.62 bits per heavy atom. The summed E-state index contributed by atoms with van der Waals surface area (Å²) in [5, 5.41) is 12.7. The average molecular weight is 626 g/mol. The van der Waals surface area contributed by atoms with Crippen molar-refractivity contribution >= 4 is 23.7 Å². The van der Waals surface area contributed by atoms with Gasteiger partial charge in [0.2, 0.25) is 5.91 Å². The van der Waals surface area contributed by atoms with Crippen molar-refractivity contribution in [1.29, 1.82) is 0 Å². The Balaban J connectivity index is 1.38. The number of benzene rings is 1. The molecule has 0 unspecified atom stereocenters. The molecule has 1 fully saturated rings. The fraction of sp³-hybridized carbons (Fsp3) is 0.469. The molecular weight excluding hydrogens is 584 g/mol. The lowest BCUT2D eigenvalue weighted by atomic mass is 10.1. The van der Waals surface area contributed by atoms with E-state index in [0.29, 0.717) is 44.5 Å². The van der Waals surface area contributed by atoms with Crippen LogP contribution >= 0.6 is 0 Å². The molecule has 3 heterocycles. The minimum atomic E-state index is -0.679. The van der Waals surface area contributed by atoms with Gasteiger partial charge in [0.15, 0.2) is 5.82 Å².